The standard InChI is InChI=1S/C10H5BrN4O2/c11-7-1-2-8(9(5-7)15(16)17)14-4-3-13-10(14)6-12/h1-5H. The molecule has 0 aliphatic heterocycles. The summed E-state index contributed by atoms with van der Waals surface area (Å²) in [6, 6.07) is 6.49. The number of imidazole rings is 1. The van der Waals surface area contributed by atoms with Gasteiger partial charge >= 0.3 is 0 Å². The van der Waals surface area contributed by atoms with Gasteiger partial charge in [0.1, 0.15) is 11.8 Å². The van der Waals surface area contributed by atoms with E-state index in [4.69, 9.17) is 5.26 Å². The summed E-state index contributed by atoms with van der Waals surface area (Å²) in [7, 11) is 0. The Bertz CT molecular complexity index is 629. The summed E-state index contributed by atoms with van der Waals surface area (Å²) in [6.45, 7) is 0. The van der Waals surface area contributed by atoms with E-state index in [1.54, 1.807) is 12.1 Å². The molecule has 2 aromatic rings. The lowest BCUT2D eigenvalue weighted by atomic mass is 10.2. The second kappa shape index (κ2) is 4.35. The number of benzene rings is 1. The highest BCUT2D eigenvalue weighted by atomic mass is 79.9. The van der Waals surface area contributed by atoms with Gasteiger partial charge in [-0.25, -0.2) is 4.98 Å². The molecule has 0 saturated carbocycles. The largest absolute Gasteiger partial charge is 0.294 e. The van der Waals surface area contributed by atoms with Crippen molar-refractivity contribution in [2.75, 3.05) is 0 Å². The van der Waals surface area contributed by atoms with Crippen molar-refractivity contribution in [1.29, 1.82) is 5.26 Å². The molecule has 1 aromatic carbocycles. The Balaban J connectivity index is 2.68. The topological polar surface area (TPSA) is 84.8 Å². The molecule has 0 fully saturated rings. The first-order valence-electron chi connectivity index (χ1n) is 4.51. The smallest absolute Gasteiger partial charge is 0.285 e. The van der Waals surface area contributed by atoms with E-state index < -0.39 is 4.92 Å². The fourth-order valence-corrected chi connectivity index (χ4v) is 1.78. The zero-order valence-electron chi connectivity index (χ0n) is 8.37. The van der Waals surface area contributed by atoms with Crippen LogP contribution in [0.4, 0.5) is 5.69 Å². The van der Waals surface area contributed by atoms with E-state index in [1.807, 2.05) is 6.07 Å². The summed E-state index contributed by atoms with van der Waals surface area (Å²) in [6.07, 6.45) is 2.93. The molecular weight excluding hydrogens is 288 g/mol. The van der Waals surface area contributed by atoms with E-state index in [0.29, 0.717) is 10.2 Å². The van der Waals surface area contributed by atoms with Gasteiger partial charge in [0.15, 0.2) is 0 Å². The Hall–Kier alpha value is -2.20. The molecule has 1 aromatic heterocycles. The van der Waals surface area contributed by atoms with Crippen LogP contribution in [0.5, 0.6) is 0 Å². The van der Waals surface area contributed by atoms with Crippen molar-refractivity contribution in [1.82, 2.24) is 9.55 Å². The summed E-state index contributed by atoms with van der Waals surface area (Å²) in [5.41, 5.74) is 0.223. The minimum Gasteiger partial charge on any atom is -0.285 e. The first kappa shape index (κ1) is 11.3. The summed E-state index contributed by atoms with van der Waals surface area (Å²) in [4.78, 5) is 14.2. The monoisotopic (exact) mass is 292 g/mol. The Kier molecular flexibility index (Phi) is 2.89. The molecule has 0 amide bonds. The van der Waals surface area contributed by atoms with Crippen LogP contribution in [0.3, 0.4) is 0 Å². The third kappa shape index (κ3) is 2.03. The van der Waals surface area contributed by atoms with Crippen LogP contribution in [0.25, 0.3) is 5.69 Å². The molecule has 0 aliphatic carbocycles. The molecule has 6 nitrogen and oxygen atoms in total. The molecule has 0 bridgehead atoms. The minimum atomic E-state index is -0.499. The second-order valence-corrected chi connectivity index (χ2v) is 4.04. The SMILES string of the molecule is N#Cc1nccn1-c1ccc(Br)cc1[N+](=O)[O-]. The van der Waals surface area contributed by atoms with Crippen LogP contribution in [0.1, 0.15) is 5.82 Å². The summed E-state index contributed by atoms with van der Waals surface area (Å²) < 4.78 is 1.98. The Morgan fingerprint density at radius 3 is 2.94 bits per heavy atom. The van der Waals surface area contributed by atoms with Gasteiger partial charge in [-0.3, -0.25) is 14.7 Å². The highest BCUT2D eigenvalue weighted by molar-refractivity contribution is 9.10. The van der Waals surface area contributed by atoms with Crippen LogP contribution in [0, 0.1) is 21.4 Å². The lowest BCUT2D eigenvalue weighted by Crippen LogP contribution is -2.01. The normalized spacial score (nSPS) is 9.88. The van der Waals surface area contributed by atoms with Gasteiger partial charge in [0.2, 0.25) is 5.82 Å². The number of nitrogens with zero attached hydrogens (tertiary/aromatic N) is 4. The number of nitro groups is 1. The Labute approximate surface area is 104 Å². The predicted octanol–water partition coefficient (Wildman–Crippen LogP) is 2.41. The number of hydrogen-bond acceptors (Lipinski definition) is 4. The minimum absolute atomic E-state index is 0.0890. The molecule has 0 aliphatic rings. The molecule has 7 heteroatoms. The van der Waals surface area contributed by atoms with E-state index in [0.717, 1.165) is 0 Å². The van der Waals surface area contributed by atoms with Gasteiger partial charge in [-0.15, -0.1) is 0 Å². The number of rotatable bonds is 2. The third-order valence-corrected chi connectivity index (χ3v) is 2.63. The molecule has 0 radical (unpaired) electrons. The maximum atomic E-state index is 10.9. The first-order chi connectivity index (χ1) is 8.13. The number of nitriles is 1. The van der Waals surface area contributed by atoms with E-state index in [-0.39, 0.29) is 11.5 Å². The first-order valence-corrected chi connectivity index (χ1v) is 5.30. The quantitative estimate of drug-likeness (QED) is 0.628. The van der Waals surface area contributed by atoms with Crippen LogP contribution in [-0.2, 0) is 0 Å². The molecular formula is C10H5BrN4O2. The van der Waals surface area contributed by atoms with Crippen LogP contribution < -0.4 is 0 Å². The number of halogens is 1. The summed E-state index contributed by atoms with van der Waals surface area (Å²) in [5, 5.41) is 19.8. The molecule has 0 spiro atoms. The molecule has 2 rings (SSSR count). The molecule has 84 valence electrons. The Morgan fingerprint density at radius 1 is 1.53 bits per heavy atom. The van der Waals surface area contributed by atoms with Gasteiger partial charge in [0.05, 0.1) is 4.92 Å². The van der Waals surface area contributed by atoms with Crippen molar-refractivity contribution >= 4 is 21.6 Å². The lowest BCUT2D eigenvalue weighted by Gasteiger charge is -2.04. The molecule has 0 saturated heterocycles. The maximum absolute atomic E-state index is 10.9. The van der Waals surface area contributed by atoms with Crippen molar-refractivity contribution in [3.63, 3.8) is 0 Å². The van der Waals surface area contributed by atoms with Crippen LogP contribution in [-0.4, -0.2) is 14.5 Å². The van der Waals surface area contributed by atoms with E-state index >= 15 is 0 Å². The predicted molar refractivity (Wildman–Crippen MR) is 62.6 cm³/mol. The summed E-state index contributed by atoms with van der Waals surface area (Å²) >= 11 is 3.17. The Morgan fingerprint density at radius 2 is 2.29 bits per heavy atom. The van der Waals surface area contributed by atoms with Gasteiger partial charge in [0, 0.05) is 22.9 Å². The zero-order valence-corrected chi connectivity index (χ0v) is 9.96. The average molecular weight is 293 g/mol. The van der Waals surface area contributed by atoms with E-state index in [2.05, 4.69) is 20.9 Å². The molecule has 17 heavy (non-hydrogen) atoms. The summed E-state index contributed by atoms with van der Waals surface area (Å²) in [5.74, 6) is 0.107. The highest BCUT2D eigenvalue weighted by Gasteiger charge is 2.17. The van der Waals surface area contributed by atoms with Crippen LogP contribution in [0.2, 0.25) is 0 Å². The van der Waals surface area contributed by atoms with E-state index in [1.165, 1.54) is 23.0 Å². The van der Waals surface area contributed by atoms with Gasteiger partial charge < -0.3 is 0 Å². The van der Waals surface area contributed by atoms with Gasteiger partial charge in [-0.05, 0) is 12.1 Å². The highest BCUT2D eigenvalue weighted by Crippen LogP contribution is 2.27. The third-order valence-electron chi connectivity index (χ3n) is 2.13. The molecule has 0 N–H and O–H groups in total. The molecule has 0 unspecified atom stereocenters. The van der Waals surface area contributed by atoms with E-state index in [9.17, 15) is 10.1 Å². The zero-order chi connectivity index (χ0) is 12.4. The van der Waals surface area contributed by atoms with Gasteiger partial charge in [-0.1, -0.05) is 15.9 Å². The fourth-order valence-electron chi connectivity index (χ4n) is 1.43. The van der Waals surface area contributed by atoms with Crippen molar-refractivity contribution in [3.05, 3.63) is 51.0 Å². The number of aromatic nitrogens is 2. The van der Waals surface area contributed by atoms with Crippen LogP contribution in [0.15, 0.2) is 35.1 Å². The van der Waals surface area contributed by atoms with Gasteiger partial charge in [0.25, 0.3) is 5.69 Å². The fraction of sp³-hybridized carbons (Fsp3) is 0. The number of nitro benzene ring substituents is 1. The van der Waals surface area contributed by atoms with Crippen molar-refractivity contribution in [3.8, 4) is 11.8 Å². The molecule has 1 heterocycles. The van der Waals surface area contributed by atoms with Gasteiger partial charge in [-0.2, -0.15) is 5.26 Å². The maximum Gasteiger partial charge on any atom is 0.294 e. The molecule has 0 atom stereocenters. The van der Waals surface area contributed by atoms with Crippen molar-refractivity contribution < 1.29 is 4.92 Å². The lowest BCUT2D eigenvalue weighted by molar-refractivity contribution is -0.384. The van der Waals surface area contributed by atoms with Crippen molar-refractivity contribution in [2.45, 2.75) is 0 Å². The average Bonchev–Trinajstić information content (AvgIpc) is 2.76. The second-order valence-electron chi connectivity index (χ2n) is 3.12. The van der Waals surface area contributed by atoms with Crippen LogP contribution >= 0.6 is 15.9 Å². The van der Waals surface area contributed by atoms with Crippen molar-refractivity contribution in [2.24, 2.45) is 0 Å². The number of hydrogen-bond donors (Lipinski definition) is 0.